The highest BCUT2D eigenvalue weighted by Crippen LogP contribution is 2.37. The highest BCUT2D eigenvalue weighted by molar-refractivity contribution is 5.89. The van der Waals surface area contributed by atoms with Crippen molar-refractivity contribution in [2.24, 2.45) is 0 Å². The molecule has 2 heterocycles. The number of carbonyl (C=O) groups is 1. The lowest BCUT2D eigenvalue weighted by Crippen LogP contribution is -2.45. The van der Waals surface area contributed by atoms with E-state index in [0.717, 1.165) is 11.6 Å². The van der Waals surface area contributed by atoms with Crippen molar-refractivity contribution in [1.29, 1.82) is 0 Å². The van der Waals surface area contributed by atoms with Crippen LogP contribution in [0, 0.1) is 12.7 Å². The van der Waals surface area contributed by atoms with E-state index < -0.39 is 29.3 Å². The number of anilines is 1. The minimum Gasteiger partial charge on any atom is -0.324 e. The second-order valence-corrected chi connectivity index (χ2v) is 6.74. The summed E-state index contributed by atoms with van der Waals surface area (Å²) in [6.07, 6.45) is -3.21. The standard InChI is InChI=1S/C19H18F5N3O/c1-12-3-2-8-25-16(12)18(21)6-9-27(10-7-18)17(28)26-13-4-5-14(15(20)11-13)19(22,23)24/h2-5,8,11H,6-7,9-10H2,1H3,(H,26,28). The number of hydrogen-bond acceptors (Lipinski definition) is 2. The van der Waals surface area contributed by atoms with Crippen molar-refractivity contribution in [3.05, 3.63) is 59.2 Å². The minimum atomic E-state index is -4.81. The molecule has 1 aliphatic rings. The number of halogens is 5. The predicted molar refractivity (Wildman–Crippen MR) is 93.0 cm³/mol. The predicted octanol–water partition coefficient (Wildman–Crippen LogP) is 5.04. The number of amides is 2. The van der Waals surface area contributed by atoms with Crippen LogP contribution in [-0.2, 0) is 11.8 Å². The van der Waals surface area contributed by atoms with Crippen LogP contribution in [0.15, 0.2) is 36.5 Å². The number of pyridine rings is 1. The molecular weight excluding hydrogens is 381 g/mol. The zero-order chi connectivity index (χ0) is 20.5. The van der Waals surface area contributed by atoms with E-state index in [1.54, 1.807) is 19.1 Å². The molecule has 1 aromatic heterocycles. The van der Waals surface area contributed by atoms with Gasteiger partial charge in [0.25, 0.3) is 0 Å². The Labute approximate surface area is 158 Å². The smallest absolute Gasteiger partial charge is 0.324 e. The highest BCUT2D eigenvalue weighted by atomic mass is 19.4. The first-order valence-electron chi connectivity index (χ1n) is 8.64. The summed E-state index contributed by atoms with van der Waals surface area (Å²) in [4.78, 5) is 17.8. The van der Waals surface area contributed by atoms with Gasteiger partial charge in [-0.05, 0) is 36.8 Å². The quantitative estimate of drug-likeness (QED) is 0.719. The molecule has 3 rings (SSSR count). The summed E-state index contributed by atoms with van der Waals surface area (Å²) in [5.41, 5.74) is -2.09. The van der Waals surface area contributed by atoms with Crippen molar-refractivity contribution in [2.75, 3.05) is 18.4 Å². The number of urea groups is 1. The van der Waals surface area contributed by atoms with Crippen LogP contribution >= 0.6 is 0 Å². The summed E-state index contributed by atoms with van der Waals surface area (Å²) in [7, 11) is 0. The van der Waals surface area contributed by atoms with E-state index >= 15 is 4.39 Å². The Balaban J connectivity index is 1.65. The molecule has 2 amide bonds. The maximum atomic E-state index is 15.3. The number of carbonyl (C=O) groups excluding carboxylic acids is 1. The Morgan fingerprint density at radius 3 is 2.46 bits per heavy atom. The van der Waals surface area contributed by atoms with Gasteiger partial charge in [-0.15, -0.1) is 0 Å². The van der Waals surface area contributed by atoms with E-state index in [-0.39, 0.29) is 31.6 Å². The normalized spacial score (nSPS) is 16.7. The number of alkyl halides is 4. The van der Waals surface area contributed by atoms with Crippen LogP contribution in [0.5, 0.6) is 0 Å². The molecule has 0 bridgehead atoms. The molecule has 0 atom stereocenters. The van der Waals surface area contributed by atoms with Crippen molar-refractivity contribution in [3.63, 3.8) is 0 Å². The fourth-order valence-corrected chi connectivity index (χ4v) is 3.28. The van der Waals surface area contributed by atoms with Gasteiger partial charge < -0.3 is 10.2 Å². The van der Waals surface area contributed by atoms with Gasteiger partial charge in [-0.1, -0.05) is 6.07 Å². The molecule has 0 saturated carbocycles. The fraction of sp³-hybridized carbons (Fsp3) is 0.368. The van der Waals surface area contributed by atoms with E-state index in [1.807, 2.05) is 0 Å². The Bertz CT molecular complexity index is 876. The van der Waals surface area contributed by atoms with Gasteiger partial charge in [-0.3, -0.25) is 4.98 Å². The van der Waals surface area contributed by atoms with Gasteiger partial charge in [0.15, 0.2) is 5.67 Å². The first kappa shape index (κ1) is 20.0. The van der Waals surface area contributed by atoms with E-state index in [9.17, 15) is 22.4 Å². The summed E-state index contributed by atoms with van der Waals surface area (Å²) >= 11 is 0. The second-order valence-electron chi connectivity index (χ2n) is 6.74. The minimum absolute atomic E-state index is 0.0413. The molecule has 1 N–H and O–H groups in total. The highest BCUT2D eigenvalue weighted by Gasteiger charge is 2.40. The molecule has 1 saturated heterocycles. The summed E-state index contributed by atoms with van der Waals surface area (Å²) in [6.45, 7) is 1.96. The lowest BCUT2D eigenvalue weighted by Gasteiger charge is -2.36. The second kappa shape index (κ2) is 7.37. The number of aromatic nitrogens is 1. The zero-order valence-electron chi connectivity index (χ0n) is 15.0. The molecule has 0 aliphatic carbocycles. The molecule has 9 heteroatoms. The number of nitrogens with zero attached hydrogens (tertiary/aromatic N) is 2. The van der Waals surface area contributed by atoms with Crippen LogP contribution in [0.1, 0.15) is 29.7 Å². The number of hydrogen-bond donors (Lipinski definition) is 1. The first-order valence-corrected chi connectivity index (χ1v) is 8.64. The maximum Gasteiger partial charge on any atom is 0.419 e. The van der Waals surface area contributed by atoms with E-state index in [2.05, 4.69) is 10.3 Å². The first-order chi connectivity index (χ1) is 13.1. The third kappa shape index (κ3) is 4.07. The van der Waals surface area contributed by atoms with Crippen LogP contribution in [0.25, 0.3) is 0 Å². The zero-order valence-corrected chi connectivity index (χ0v) is 15.0. The average molecular weight is 399 g/mol. The van der Waals surface area contributed by atoms with Crippen molar-refractivity contribution in [1.82, 2.24) is 9.88 Å². The van der Waals surface area contributed by atoms with Crippen LogP contribution in [-0.4, -0.2) is 29.0 Å². The van der Waals surface area contributed by atoms with Gasteiger partial charge in [0.05, 0.1) is 11.3 Å². The number of likely N-dealkylation sites (tertiary alicyclic amines) is 1. The van der Waals surface area contributed by atoms with E-state index in [0.29, 0.717) is 17.8 Å². The van der Waals surface area contributed by atoms with Gasteiger partial charge in [-0.2, -0.15) is 13.2 Å². The molecule has 150 valence electrons. The summed E-state index contributed by atoms with van der Waals surface area (Å²) in [6, 6.07) is 5.01. The molecule has 1 fully saturated rings. The number of nitrogens with one attached hydrogen (secondary N) is 1. The Hall–Kier alpha value is -2.71. The molecule has 0 spiro atoms. The summed E-state index contributed by atoms with van der Waals surface area (Å²) < 4.78 is 66.7. The molecular formula is C19H18F5N3O. The lowest BCUT2D eigenvalue weighted by atomic mass is 9.87. The third-order valence-electron chi connectivity index (χ3n) is 4.80. The molecule has 1 aromatic carbocycles. The van der Waals surface area contributed by atoms with Crippen LogP contribution < -0.4 is 5.32 Å². The average Bonchev–Trinajstić information content (AvgIpc) is 2.61. The SMILES string of the molecule is Cc1cccnc1C1(F)CCN(C(=O)Nc2ccc(C(F)(F)F)c(F)c2)CC1. The molecule has 0 radical (unpaired) electrons. The van der Waals surface area contributed by atoms with Crippen LogP contribution in [0.2, 0.25) is 0 Å². The monoisotopic (exact) mass is 399 g/mol. The molecule has 28 heavy (non-hydrogen) atoms. The van der Waals surface area contributed by atoms with Crippen molar-refractivity contribution in [3.8, 4) is 0 Å². The Kier molecular flexibility index (Phi) is 5.27. The lowest BCUT2D eigenvalue weighted by molar-refractivity contribution is -0.139. The molecule has 4 nitrogen and oxygen atoms in total. The van der Waals surface area contributed by atoms with E-state index in [4.69, 9.17) is 0 Å². The van der Waals surface area contributed by atoms with Gasteiger partial charge in [0.1, 0.15) is 5.82 Å². The Morgan fingerprint density at radius 1 is 1.21 bits per heavy atom. The van der Waals surface area contributed by atoms with Gasteiger partial charge in [0, 0.05) is 37.8 Å². The largest absolute Gasteiger partial charge is 0.419 e. The van der Waals surface area contributed by atoms with Crippen LogP contribution in [0.3, 0.4) is 0 Å². The molecule has 2 aromatic rings. The maximum absolute atomic E-state index is 15.3. The molecule has 1 aliphatic heterocycles. The van der Waals surface area contributed by atoms with Gasteiger partial charge in [0.2, 0.25) is 0 Å². The van der Waals surface area contributed by atoms with Crippen molar-refractivity contribution in [2.45, 2.75) is 31.6 Å². The Morgan fingerprint density at radius 2 is 1.89 bits per heavy atom. The van der Waals surface area contributed by atoms with Gasteiger partial charge in [-0.25, -0.2) is 13.6 Å². The van der Waals surface area contributed by atoms with Crippen molar-refractivity contribution < 1.29 is 26.7 Å². The van der Waals surface area contributed by atoms with E-state index in [1.165, 1.54) is 11.1 Å². The topological polar surface area (TPSA) is 45.2 Å². The molecule has 0 unspecified atom stereocenters. The summed E-state index contributed by atoms with van der Waals surface area (Å²) in [5, 5.41) is 2.35. The van der Waals surface area contributed by atoms with Gasteiger partial charge >= 0.3 is 12.2 Å². The number of rotatable bonds is 2. The summed E-state index contributed by atoms with van der Waals surface area (Å²) in [5.74, 6) is -1.47. The fourth-order valence-electron chi connectivity index (χ4n) is 3.28. The van der Waals surface area contributed by atoms with Crippen molar-refractivity contribution >= 4 is 11.7 Å². The number of aryl methyl sites for hydroxylation is 1. The number of benzene rings is 1. The number of piperidine rings is 1. The third-order valence-corrected chi connectivity index (χ3v) is 4.80. The van der Waals surface area contributed by atoms with Crippen LogP contribution in [0.4, 0.5) is 32.4 Å².